The summed E-state index contributed by atoms with van der Waals surface area (Å²) in [6.45, 7) is 11.2. The molecule has 27 nitrogen and oxygen atoms in total. The Morgan fingerprint density at radius 2 is 1.11 bits per heavy atom. The highest BCUT2D eigenvalue weighted by atomic mass is 33.1. The van der Waals surface area contributed by atoms with Crippen molar-refractivity contribution >= 4 is 98.6 Å². The van der Waals surface area contributed by atoms with Gasteiger partial charge < -0.3 is 74.1 Å². The maximum absolute atomic E-state index is 15.0. The minimum Gasteiger partial charge on any atom is -0.434 e. The molecule has 2 heterocycles. The van der Waals surface area contributed by atoms with Crippen molar-refractivity contribution in [3.63, 3.8) is 0 Å². The molecule has 0 bridgehead atoms. The van der Waals surface area contributed by atoms with Crippen LogP contribution in [0.25, 0.3) is 0 Å². The fourth-order valence-corrected chi connectivity index (χ4v) is 14.6. The lowest BCUT2D eigenvalue weighted by atomic mass is 9.96. The fourth-order valence-electron chi connectivity index (χ4n) is 12.3. The van der Waals surface area contributed by atoms with Crippen LogP contribution in [0, 0.1) is 11.8 Å². The molecule has 14 N–H and O–H groups in total. The van der Waals surface area contributed by atoms with Crippen LogP contribution in [0.5, 0.6) is 5.75 Å². The number of rotatable bonds is 46. The third kappa shape index (κ3) is 38.4. The molecule has 1 aromatic rings. The molecule has 582 valence electrons. The molecule has 0 unspecified atom stereocenters. The van der Waals surface area contributed by atoms with E-state index in [1.807, 2.05) is 13.8 Å². The second kappa shape index (κ2) is 52.7. The minimum absolute atomic E-state index is 0.0124. The lowest BCUT2D eigenvalue weighted by molar-refractivity contribution is -0.142. The van der Waals surface area contributed by atoms with Gasteiger partial charge in [-0.1, -0.05) is 229 Å². The fraction of sp³-hybridized carbons (Fsp3) is 0.743. The van der Waals surface area contributed by atoms with Crippen molar-refractivity contribution in [1.82, 2.24) is 47.4 Å². The van der Waals surface area contributed by atoms with Gasteiger partial charge in [0.15, 0.2) is 0 Å². The first-order valence-electron chi connectivity index (χ1n) is 38.1. The van der Waals surface area contributed by atoms with E-state index in [0.29, 0.717) is 24.8 Å². The van der Waals surface area contributed by atoms with E-state index in [0.717, 1.165) is 73.0 Å². The molecule has 12 amide bonds. The first kappa shape index (κ1) is 90.0. The standard InChI is InChI=1S/C74H124N12O15S2/c1-7-10-12-14-16-18-20-22-23-25-27-29-31-35-64(90)79-58-48-102-103-49-59(73(98)86-42-33-34-60(86)71(96)83-55(44-50(4)5)66(91)78-47-63(77)89)84-68(93)57(46-62(76)88)82-67(92)54(40-41-61(75)87)80-72(97)65(51(6)9-3)85-69(94)56(81-70(58)95)45-52-36-38-53(39-37-52)101-74(99)100-43-32-30-28-26-24-21-19-17-15-13-11-8-2/h36-39,50-51,54-60,65H,7-35,40-49H2,1-6H3,(H2,75,87)(H2,76,88)(H2,77,89)(H,78,91)(H,79,90)(H,80,97)(H,81,95)(H,82,92)(H,83,96)(H,84,93)(H,85,94)/t51-,54-,55-,56-,57-,58-,59-,60-,65-/m0/s1. The van der Waals surface area contributed by atoms with Crippen molar-refractivity contribution in [2.75, 3.05) is 31.2 Å². The number of primary amides is 3. The molecule has 0 saturated carbocycles. The molecule has 0 spiro atoms. The summed E-state index contributed by atoms with van der Waals surface area (Å²) in [6.07, 6.45) is 26.1. The smallest absolute Gasteiger partial charge is 0.434 e. The van der Waals surface area contributed by atoms with Crippen molar-refractivity contribution in [3.05, 3.63) is 29.8 Å². The summed E-state index contributed by atoms with van der Waals surface area (Å²) < 4.78 is 10.9. The summed E-state index contributed by atoms with van der Waals surface area (Å²) in [5, 5.41) is 21.3. The van der Waals surface area contributed by atoms with Gasteiger partial charge in [-0.05, 0) is 68.1 Å². The quantitative estimate of drug-likeness (QED) is 0.0130. The lowest BCUT2D eigenvalue weighted by Crippen LogP contribution is -2.62. The van der Waals surface area contributed by atoms with E-state index in [-0.39, 0.29) is 68.4 Å². The zero-order valence-electron chi connectivity index (χ0n) is 62.3. The Hall–Kier alpha value is -7.17. The molecule has 2 saturated heterocycles. The Bertz CT molecular complexity index is 2800. The summed E-state index contributed by atoms with van der Waals surface area (Å²) in [5.74, 6) is -11.2. The van der Waals surface area contributed by atoms with Gasteiger partial charge in [0.2, 0.25) is 70.9 Å². The van der Waals surface area contributed by atoms with Crippen LogP contribution in [0.1, 0.15) is 259 Å². The number of nitrogens with one attached hydrogen (secondary N) is 8. The third-order valence-corrected chi connectivity index (χ3v) is 20.9. The van der Waals surface area contributed by atoms with Crippen molar-refractivity contribution < 1.29 is 71.8 Å². The summed E-state index contributed by atoms with van der Waals surface area (Å²) in [6, 6.07) is -5.35. The van der Waals surface area contributed by atoms with E-state index < -0.39 is 157 Å². The second-order valence-electron chi connectivity index (χ2n) is 28.0. The predicted molar refractivity (Wildman–Crippen MR) is 400 cm³/mol. The first-order valence-corrected chi connectivity index (χ1v) is 40.6. The number of carbonyl (C=O) groups excluding carboxylic acids is 13. The lowest BCUT2D eigenvalue weighted by Gasteiger charge is -2.31. The molecule has 9 atom stereocenters. The number of ether oxygens (including phenoxy) is 2. The number of hydrogen-bond donors (Lipinski definition) is 11. The van der Waals surface area contributed by atoms with Crippen LogP contribution in [0.2, 0.25) is 0 Å². The first-order chi connectivity index (χ1) is 49.4. The Labute approximate surface area is 618 Å². The maximum atomic E-state index is 15.0. The SMILES string of the molecule is CCCCCCCCCCCCCCCC(=O)N[C@H]1CSSC[C@@H](C(=O)N2CCC[C@H]2C(=O)N[C@@H](CC(C)C)C(=O)NCC(N)=O)NC(=O)[C@H](CC(N)=O)NC(=O)[C@H](CCC(N)=O)NC(=O)[C@H]([C@@H](C)CC)NC(=O)[C@H](Cc2ccc(OC(=O)OCCCCCCCCCCCCCC)cc2)NC1=O. The van der Waals surface area contributed by atoms with Gasteiger partial charge in [0.25, 0.3) is 0 Å². The molecule has 2 fully saturated rings. The van der Waals surface area contributed by atoms with Crippen LogP contribution in [0.3, 0.4) is 0 Å². The van der Waals surface area contributed by atoms with E-state index in [2.05, 4.69) is 56.4 Å². The third-order valence-electron chi connectivity index (χ3n) is 18.5. The summed E-state index contributed by atoms with van der Waals surface area (Å²) in [5.41, 5.74) is 16.9. The number of benzene rings is 1. The average Bonchev–Trinajstić information content (AvgIpc) is 1.78. The molecule has 29 heteroatoms. The van der Waals surface area contributed by atoms with Crippen molar-refractivity contribution in [3.8, 4) is 5.75 Å². The molecule has 2 aliphatic rings. The van der Waals surface area contributed by atoms with Crippen LogP contribution in [0.4, 0.5) is 4.79 Å². The summed E-state index contributed by atoms with van der Waals surface area (Å²) in [7, 11) is 2.03. The van der Waals surface area contributed by atoms with Gasteiger partial charge in [-0.15, -0.1) is 0 Å². The van der Waals surface area contributed by atoms with Gasteiger partial charge in [-0.3, -0.25) is 57.5 Å². The Morgan fingerprint density at radius 3 is 1.65 bits per heavy atom. The maximum Gasteiger partial charge on any atom is 0.513 e. The Kier molecular flexibility index (Phi) is 46.1. The number of hydrogen-bond acceptors (Lipinski definition) is 17. The van der Waals surface area contributed by atoms with Gasteiger partial charge in [-0.25, -0.2) is 4.79 Å². The highest BCUT2D eigenvalue weighted by Gasteiger charge is 2.41. The van der Waals surface area contributed by atoms with Gasteiger partial charge in [0.05, 0.1) is 19.6 Å². The molecule has 0 radical (unpaired) electrons. The number of likely N-dealkylation sites (tertiary alicyclic amines) is 1. The number of nitrogens with two attached hydrogens (primary N) is 3. The van der Waals surface area contributed by atoms with E-state index >= 15 is 4.79 Å². The van der Waals surface area contributed by atoms with Crippen molar-refractivity contribution in [1.29, 1.82) is 0 Å². The van der Waals surface area contributed by atoms with Crippen LogP contribution in [-0.2, 0) is 68.7 Å². The normalized spacial score (nSPS) is 20.0. The van der Waals surface area contributed by atoms with E-state index in [1.165, 1.54) is 113 Å². The zero-order chi connectivity index (χ0) is 75.9. The van der Waals surface area contributed by atoms with Gasteiger partial charge >= 0.3 is 6.16 Å². The molecular weight excluding hydrogens is 1360 g/mol. The average molecular weight is 1490 g/mol. The topological polar surface area (TPSA) is 418 Å². The van der Waals surface area contributed by atoms with Gasteiger partial charge in [0.1, 0.15) is 54.1 Å². The molecule has 0 aliphatic carbocycles. The molecule has 2 aliphatic heterocycles. The number of amides is 12. The summed E-state index contributed by atoms with van der Waals surface area (Å²) >= 11 is 0. The highest BCUT2D eigenvalue weighted by molar-refractivity contribution is 8.76. The van der Waals surface area contributed by atoms with Crippen LogP contribution in [0.15, 0.2) is 24.3 Å². The molecule has 103 heavy (non-hydrogen) atoms. The number of nitrogens with zero attached hydrogens (tertiary/aromatic N) is 1. The van der Waals surface area contributed by atoms with E-state index in [4.69, 9.17) is 26.7 Å². The monoisotopic (exact) mass is 1480 g/mol. The number of carbonyl (C=O) groups is 13. The highest BCUT2D eigenvalue weighted by Crippen LogP contribution is 2.27. The van der Waals surface area contributed by atoms with E-state index in [9.17, 15) is 57.5 Å². The molecular formula is C74H124N12O15S2. The second-order valence-corrected chi connectivity index (χ2v) is 30.5. The van der Waals surface area contributed by atoms with Crippen molar-refractivity contribution in [2.24, 2.45) is 29.0 Å². The van der Waals surface area contributed by atoms with Gasteiger partial charge in [-0.2, -0.15) is 0 Å². The van der Waals surface area contributed by atoms with Crippen LogP contribution >= 0.6 is 21.6 Å². The molecule has 1 aromatic carbocycles. The largest absolute Gasteiger partial charge is 0.513 e. The molecule has 0 aromatic heterocycles. The van der Waals surface area contributed by atoms with Gasteiger partial charge in [0, 0.05) is 37.3 Å². The Balaban J connectivity index is 2.04. The summed E-state index contributed by atoms with van der Waals surface area (Å²) in [4.78, 5) is 181. The Morgan fingerprint density at radius 1 is 0.583 bits per heavy atom. The van der Waals surface area contributed by atoms with Crippen LogP contribution in [-0.4, -0.2) is 161 Å². The van der Waals surface area contributed by atoms with E-state index in [1.54, 1.807) is 26.0 Å². The zero-order valence-corrected chi connectivity index (χ0v) is 63.9. The number of unbranched alkanes of at least 4 members (excludes halogenated alkanes) is 23. The van der Waals surface area contributed by atoms with Crippen LogP contribution < -0.4 is 64.5 Å². The predicted octanol–water partition coefficient (Wildman–Crippen LogP) is 7.54. The molecule has 3 rings (SSSR count). The van der Waals surface area contributed by atoms with Crippen molar-refractivity contribution in [2.45, 2.75) is 308 Å². The minimum atomic E-state index is -1.81.